The van der Waals surface area contributed by atoms with Gasteiger partial charge in [-0.25, -0.2) is 8.42 Å². The highest BCUT2D eigenvalue weighted by Gasteiger charge is 2.37. The van der Waals surface area contributed by atoms with Crippen molar-refractivity contribution in [2.45, 2.75) is 9.79 Å². The highest BCUT2D eigenvalue weighted by Crippen LogP contribution is 2.39. The predicted molar refractivity (Wildman–Crippen MR) is 80.2 cm³/mol. The minimum absolute atomic E-state index is 0.0477. The van der Waals surface area contributed by atoms with Gasteiger partial charge in [0.05, 0.1) is 26.1 Å². The van der Waals surface area contributed by atoms with Gasteiger partial charge < -0.3 is 0 Å². The minimum atomic E-state index is -4.10. The first kappa shape index (κ1) is 15.0. The van der Waals surface area contributed by atoms with E-state index in [9.17, 15) is 18.0 Å². The van der Waals surface area contributed by atoms with Gasteiger partial charge in [-0.05, 0) is 18.2 Å². The maximum Gasteiger partial charge on any atom is 0.260 e. The fourth-order valence-corrected chi connectivity index (χ4v) is 4.49. The molecule has 1 aliphatic rings. The number of imide groups is 1. The lowest BCUT2D eigenvalue weighted by Gasteiger charge is -2.11. The number of carbonyl (C=O) groups is 2. The van der Waals surface area contributed by atoms with Crippen molar-refractivity contribution in [3.05, 3.63) is 57.6 Å². The van der Waals surface area contributed by atoms with Crippen molar-refractivity contribution in [1.29, 1.82) is 0 Å². The molecular weight excluding hydrogens is 349 g/mol. The average Bonchev–Trinajstić information content (AvgIpc) is 2.75. The van der Waals surface area contributed by atoms with Crippen LogP contribution in [-0.4, -0.2) is 20.2 Å². The Bertz CT molecular complexity index is 924. The molecule has 8 heteroatoms. The third-order valence-corrected chi connectivity index (χ3v) is 5.94. The van der Waals surface area contributed by atoms with Crippen molar-refractivity contribution < 1.29 is 18.0 Å². The first-order valence-corrected chi connectivity index (χ1v) is 8.25. The molecule has 0 aromatic heterocycles. The fourth-order valence-electron chi connectivity index (χ4n) is 2.21. The molecule has 1 aliphatic heterocycles. The van der Waals surface area contributed by atoms with Crippen LogP contribution < -0.4 is 5.32 Å². The first-order valence-electron chi connectivity index (χ1n) is 6.02. The van der Waals surface area contributed by atoms with Crippen LogP contribution in [0.1, 0.15) is 20.7 Å². The molecule has 2 aromatic carbocycles. The lowest BCUT2D eigenvalue weighted by atomic mass is 10.1. The van der Waals surface area contributed by atoms with Gasteiger partial charge in [0.15, 0.2) is 0 Å². The van der Waals surface area contributed by atoms with E-state index in [2.05, 4.69) is 0 Å². The Morgan fingerprint density at radius 2 is 1.59 bits per heavy atom. The molecule has 0 spiro atoms. The molecule has 0 unspecified atom stereocenters. The lowest BCUT2D eigenvalue weighted by molar-refractivity contribution is 0.0878. The standard InChI is InChI=1S/C14H7Cl2NO4S/c15-9-6-8-10(14(19)17-13(8)18)12(11(9)16)22(20,21)7-4-2-1-3-5-7/h1-6H,(H,17,18,19). The van der Waals surface area contributed by atoms with E-state index in [0.29, 0.717) is 0 Å². The summed E-state index contributed by atoms with van der Waals surface area (Å²) in [6, 6.07) is 8.65. The topological polar surface area (TPSA) is 80.3 Å². The van der Waals surface area contributed by atoms with E-state index in [1.54, 1.807) is 6.07 Å². The number of hydrogen-bond donors (Lipinski definition) is 1. The lowest BCUT2D eigenvalue weighted by Crippen LogP contribution is -2.20. The van der Waals surface area contributed by atoms with Crippen LogP contribution in [0.15, 0.2) is 46.2 Å². The Morgan fingerprint density at radius 3 is 2.23 bits per heavy atom. The van der Waals surface area contributed by atoms with E-state index in [0.717, 1.165) is 0 Å². The second-order valence-corrected chi connectivity index (χ2v) is 7.20. The Hall–Kier alpha value is -1.89. The molecule has 0 bridgehead atoms. The first-order chi connectivity index (χ1) is 10.3. The van der Waals surface area contributed by atoms with Crippen molar-refractivity contribution in [2.75, 3.05) is 0 Å². The number of carbonyl (C=O) groups excluding carboxylic acids is 2. The second-order valence-electron chi connectivity index (χ2n) is 4.52. The molecule has 0 aliphatic carbocycles. The summed E-state index contributed by atoms with van der Waals surface area (Å²) in [5.41, 5.74) is -0.378. The smallest absolute Gasteiger partial charge is 0.260 e. The van der Waals surface area contributed by atoms with E-state index < -0.39 is 26.5 Å². The summed E-state index contributed by atoms with van der Waals surface area (Å²) in [6.07, 6.45) is 0. The van der Waals surface area contributed by atoms with Gasteiger partial charge in [0, 0.05) is 0 Å². The summed E-state index contributed by atoms with van der Waals surface area (Å²) in [5.74, 6) is -1.52. The summed E-state index contributed by atoms with van der Waals surface area (Å²) in [7, 11) is -4.10. The van der Waals surface area contributed by atoms with Crippen molar-refractivity contribution in [1.82, 2.24) is 5.32 Å². The molecule has 0 saturated heterocycles. The summed E-state index contributed by atoms with van der Waals surface area (Å²) >= 11 is 11.9. The van der Waals surface area contributed by atoms with Crippen LogP contribution >= 0.6 is 23.2 Å². The normalized spacial score (nSPS) is 13.9. The van der Waals surface area contributed by atoms with E-state index >= 15 is 0 Å². The molecule has 0 saturated carbocycles. The Labute approximate surface area is 135 Å². The van der Waals surface area contributed by atoms with Gasteiger partial charge in [-0.15, -0.1) is 0 Å². The average molecular weight is 356 g/mol. The number of benzene rings is 2. The summed E-state index contributed by atoms with van der Waals surface area (Å²) < 4.78 is 25.6. The summed E-state index contributed by atoms with van der Waals surface area (Å²) in [4.78, 5) is 23.2. The molecular formula is C14H7Cl2NO4S. The van der Waals surface area contributed by atoms with Crippen LogP contribution in [0.2, 0.25) is 10.0 Å². The number of sulfone groups is 1. The van der Waals surface area contributed by atoms with Gasteiger partial charge >= 0.3 is 0 Å². The molecule has 112 valence electrons. The maximum absolute atomic E-state index is 12.8. The van der Waals surface area contributed by atoms with Crippen LogP contribution in [0, 0.1) is 0 Å². The van der Waals surface area contributed by atoms with Gasteiger partial charge in [0.1, 0.15) is 4.90 Å². The van der Waals surface area contributed by atoms with Crippen molar-refractivity contribution in [3.8, 4) is 0 Å². The predicted octanol–water partition coefficient (Wildman–Crippen LogP) is 2.71. The van der Waals surface area contributed by atoms with Crippen molar-refractivity contribution in [3.63, 3.8) is 0 Å². The molecule has 1 heterocycles. The zero-order chi connectivity index (χ0) is 16.1. The van der Waals surface area contributed by atoms with Gasteiger partial charge in [0.2, 0.25) is 9.84 Å². The van der Waals surface area contributed by atoms with Crippen molar-refractivity contribution in [2.24, 2.45) is 0 Å². The minimum Gasteiger partial charge on any atom is -0.288 e. The molecule has 1 N–H and O–H groups in total. The fraction of sp³-hybridized carbons (Fsp3) is 0. The molecule has 5 nitrogen and oxygen atoms in total. The monoisotopic (exact) mass is 355 g/mol. The molecule has 0 radical (unpaired) electrons. The largest absolute Gasteiger partial charge is 0.288 e. The number of amides is 2. The number of hydrogen-bond acceptors (Lipinski definition) is 4. The molecule has 3 rings (SSSR count). The molecule has 22 heavy (non-hydrogen) atoms. The van der Waals surface area contributed by atoms with Gasteiger partial charge in [-0.3, -0.25) is 14.9 Å². The van der Waals surface area contributed by atoms with E-state index in [4.69, 9.17) is 23.2 Å². The number of fused-ring (bicyclic) bond motifs is 1. The Kier molecular flexibility index (Phi) is 3.47. The number of halogens is 2. The van der Waals surface area contributed by atoms with E-state index in [1.165, 1.54) is 30.3 Å². The molecule has 2 amide bonds. The summed E-state index contributed by atoms with van der Waals surface area (Å²) in [5, 5.41) is 1.65. The number of nitrogens with one attached hydrogen (secondary N) is 1. The summed E-state index contributed by atoms with van der Waals surface area (Å²) in [6.45, 7) is 0. The third kappa shape index (κ3) is 2.11. The molecule has 0 atom stereocenters. The van der Waals surface area contributed by atoms with Crippen LogP contribution in [0.5, 0.6) is 0 Å². The Balaban J connectivity index is 2.40. The highest BCUT2D eigenvalue weighted by atomic mass is 35.5. The zero-order valence-corrected chi connectivity index (χ0v) is 13.1. The van der Waals surface area contributed by atoms with Crippen LogP contribution in [0.4, 0.5) is 0 Å². The molecule has 2 aromatic rings. The quantitative estimate of drug-likeness (QED) is 0.839. The van der Waals surface area contributed by atoms with Crippen LogP contribution in [0.25, 0.3) is 0 Å². The van der Waals surface area contributed by atoms with E-state index in [-0.39, 0.29) is 26.1 Å². The Morgan fingerprint density at radius 1 is 0.955 bits per heavy atom. The van der Waals surface area contributed by atoms with Gasteiger partial charge in [0.25, 0.3) is 11.8 Å². The van der Waals surface area contributed by atoms with Gasteiger partial charge in [-0.1, -0.05) is 41.4 Å². The second kappa shape index (κ2) is 5.08. The van der Waals surface area contributed by atoms with Crippen molar-refractivity contribution >= 4 is 44.9 Å². The van der Waals surface area contributed by atoms with Crippen LogP contribution in [-0.2, 0) is 9.84 Å². The maximum atomic E-state index is 12.8. The third-order valence-electron chi connectivity index (χ3n) is 3.20. The highest BCUT2D eigenvalue weighted by molar-refractivity contribution is 7.91. The van der Waals surface area contributed by atoms with Crippen LogP contribution in [0.3, 0.4) is 0 Å². The zero-order valence-electron chi connectivity index (χ0n) is 10.8. The van der Waals surface area contributed by atoms with Gasteiger partial charge in [-0.2, -0.15) is 0 Å². The number of rotatable bonds is 2. The molecule has 0 fully saturated rings. The van der Waals surface area contributed by atoms with E-state index in [1.807, 2.05) is 5.32 Å². The SMILES string of the molecule is O=C1NC(=O)c2c1cc(Cl)c(Cl)c2S(=O)(=O)c1ccccc1.